The summed E-state index contributed by atoms with van der Waals surface area (Å²) in [6.45, 7) is 0.935. The first-order valence-electron chi connectivity index (χ1n) is 29.5. The number of carboxylic acids is 2. The van der Waals surface area contributed by atoms with Gasteiger partial charge in [-0.3, -0.25) is 67.2 Å². The maximum atomic E-state index is 15.4. The Bertz CT molecular complexity index is 3720. The molecule has 10 amide bonds. The van der Waals surface area contributed by atoms with E-state index in [1.165, 1.54) is 10.6 Å². The Morgan fingerprint density at radius 3 is 2.01 bits per heavy atom. The van der Waals surface area contributed by atoms with Crippen molar-refractivity contribution in [2.45, 2.75) is 134 Å². The summed E-state index contributed by atoms with van der Waals surface area (Å²) >= 11 is 0. The van der Waals surface area contributed by atoms with Gasteiger partial charge in [-0.1, -0.05) is 43.7 Å². The maximum absolute atomic E-state index is 15.4. The molecule has 0 fully saturated rings. The van der Waals surface area contributed by atoms with Crippen molar-refractivity contribution in [2.75, 3.05) is 32.7 Å². The first-order valence-corrected chi connectivity index (χ1v) is 29.5. The fraction of sp³-hybridized carbons (Fsp3) is 0.426. The highest BCUT2D eigenvalue weighted by Gasteiger charge is 2.46. The van der Waals surface area contributed by atoms with Gasteiger partial charge in [0.2, 0.25) is 47.3 Å². The number of pyridine rings is 2. The number of imide groups is 1. The zero-order chi connectivity index (χ0) is 65.8. The number of carbonyl (C=O) groups excluding carboxylic acids is 11. The predicted molar refractivity (Wildman–Crippen MR) is 314 cm³/mol. The van der Waals surface area contributed by atoms with Crippen LogP contribution in [0.15, 0.2) is 59.4 Å². The van der Waals surface area contributed by atoms with E-state index in [1.807, 2.05) is 0 Å². The number of unbranched alkanes of at least 4 members (excludes halogenated alkanes) is 2. The van der Waals surface area contributed by atoms with Crippen molar-refractivity contribution < 1.29 is 86.8 Å². The molecule has 0 saturated heterocycles. The van der Waals surface area contributed by atoms with Crippen LogP contribution in [0.2, 0.25) is 0 Å². The van der Waals surface area contributed by atoms with Gasteiger partial charge in [0, 0.05) is 67.1 Å². The molecule has 2 aromatic carbocycles. The average molecular weight is 1260 g/mol. The van der Waals surface area contributed by atoms with Gasteiger partial charge in [-0.2, -0.15) is 0 Å². The molecule has 482 valence electrons. The number of rotatable bonds is 30. The van der Waals surface area contributed by atoms with Gasteiger partial charge in [-0.05, 0) is 73.8 Å². The molecule has 4 aliphatic rings. The number of nitrogens with one attached hydrogen (secondary N) is 8. The number of amides is 10. The highest BCUT2D eigenvalue weighted by Crippen LogP contribution is 2.46. The number of aliphatic carboxylic acids is 2. The van der Waals surface area contributed by atoms with E-state index in [9.17, 15) is 82.4 Å². The number of hydrogen-bond donors (Lipinski definition) is 11. The molecule has 0 radical (unpaired) electrons. The van der Waals surface area contributed by atoms with Crippen LogP contribution in [0, 0.1) is 12.7 Å². The van der Waals surface area contributed by atoms with Gasteiger partial charge >= 0.3 is 17.9 Å². The molecule has 5 atom stereocenters. The summed E-state index contributed by atoms with van der Waals surface area (Å²) in [5, 5.41) is 50.3. The number of nitrogens with zero attached hydrogens (tertiary/aromatic N) is 3. The minimum Gasteiger partial charge on any atom is -0.481 e. The molecule has 3 aliphatic heterocycles. The van der Waals surface area contributed by atoms with Crippen LogP contribution in [0.25, 0.3) is 22.3 Å². The number of ether oxygens (including phenoxy) is 1. The van der Waals surface area contributed by atoms with Crippen LogP contribution >= 0.6 is 0 Å². The van der Waals surface area contributed by atoms with Crippen LogP contribution in [-0.2, 0) is 98.7 Å². The van der Waals surface area contributed by atoms with Gasteiger partial charge in [-0.15, -0.1) is 0 Å². The normalized spacial score (nSPS) is 16.9. The van der Waals surface area contributed by atoms with Crippen molar-refractivity contribution in [2.24, 2.45) is 0 Å². The Morgan fingerprint density at radius 1 is 0.714 bits per heavy atom. The van der Waals surface area contributed by atoms with Gasteiger partial charge in [-0.25, -0.2) is 14.2 Å². The summed E-state index contributed by atoms with van der Waals surface area (Å²) in [6, 6.07) is 5.80. The highest BCUT2D eigenvalue weighted by molar-refractivity contribution is 6.13. The lowest BCUT2D eigenvalue weighted by atomic mass is 9.81. The summed E-state index contributed by atoms with van der Waals surface area (Å²) in [5.74, 6) is -12.3. The van der Waals surface area contributed by atoms with Gasteiger partial charge in [0.1, 0.15) is 30.5 Å². The summed E-state index contributed by atoms with van der Waals surface area (Å²) in [6.07, 6.45) is 1.78. The van der Waals surface area contributed by atoms with E-state index in [4.69, 9.17) is 9.72 Å². The Hall–Kier alpha value is -10.3. The second-order valence-electron chi connectivity index (χ2n) is 22.3. The fourth-order valence-electron chi connectivity index (χ4n) is 11.3. The second kappa shape index (κ2) is 29.4. The first-order chi connectivity index (χ1) is 43.4. The predicted octanol–water partition coefficient (Wildman–Crippen LogP) is -0.992. The zero-order valence-corrected chi connectivity index (χ0v) is 49.6. The third-order valence-electron chi connectivity index (χ3n) is 16.1. The smallest absolute Gasteiger partial charge is 0.343 e. The molecule has 8 rings (SSSR count). The van der Waals surface area contributed by atoms with Crippen molar-refractivity contribution in [1.29, 1.82) is 0 Å². The van der Waals surface area contributed by atoms with Gasteiger partial charge in [0.25, 0.3) is 17.4 Å². The molecule has 30 heteroatoms. The molecule has 29 nitrogen and oxygen atoms in total. The molecular formula is C61H68FN11O18. The Balaban J connectivity index is 0.792. The van der Waals surface area contributed by atoms with E-state index >= 15 is 4.39 Å². The molecular weight excluding hydrogens is 1190 g/mol. The van der Waals surface area contributed by atoms with E-state index in [0.29, 0.717) is 70.2 Å². The Labute approximate surface area is 517 Å². The van der Waals surface area contributed by atoms with E-state index in [1.54, 1.807) is 50.2 Å². The molecule has 2 aromatic heterocycles. The van der Waals surface area contributed by atoms with Crippen LogP contribution in [0.3, 0.4) is 0 Å². The monoisotopic (exact) mass is 1260 g/mol. The molecule has 0 bridgehead atoms. The Kier molecular flexibility index (Phi) is 21.5. The number of aliphatic hydroxyl groups is 1. The molecule has 0 saturated carbocycles. The van der Waals surface area contributed by atoms with E-state index < -0.39 is 145 Å². The standard InChI is InChI=1S/C61H68FN11O18/c1-3-61(90)36-22-43-55-34(29-73(43)59(88)35(36)30-91-60(61)89)54-38(16-15-33-31(2)37(62)23-39(70-55)53(33)54)67-45(75)14-10-19-63-46(76)26-65-56(85)40(21-32-11-6-4-7-12-32)69-48(78)28-64-47(77)27-66-57(86)41(24-51(81)82)71-58(87)42(25-52(83)84)68-44(74)13-8-5-9-20-72-49(79)17-18-50(72)80/h4,6-7,11-12,17-18,22-23,38,40-42,90H,3,5,8-10,13-16,19-21,24-30H2,1-2H3,(H,63,76)(H,64,77)(H,65,85)(H,66,86)(H,67,75)(H,68,74)(H,69,78)(H,71,87)(H,81,82)(H,83,84)/t38-,40-,41-,42-,61-/m0/s1. The van der Waals surface area contributed by atoms with Crippen molar-refractivity contribution >= 4 is 87.9 Å². The number of cyclic esters (lactones) is 1. The minimum atomic E-state index is -2.07. The number of carboxylic acid groups (broad SMARTS) is 2. The fourth-order valence-corrected chi connectivity index (χ4v) is 11.3. The van der Waals surface area contributed by atoms with Crippen LogP contribution in [0.5, 0.6) is 0 Å². The van der Waals surface area contributed by atoms with Crippen molar-refractivity contribution in [1.82, 2.24) is 57.0 Å². The highest BCUT2D eigenvalue weighted by atomic mass is 19.1. The van der Waals surface area contributed by atoms with Crippen molar-refractivity contribution in [3.05, 3.63) is 110 Å². The van der Waals surface area contributed by atoms with Gasteiger partial charge < -0.3 is 67.2 Å². The third kappa shape index (κ3) is 16.0. The number of aryl methyl sites for hydroxylation is 1. The number of esters is 1. The number of hydrogen-bond acceptors (Lipinski definition) is 17. The number of carbonyl (C=O) groups is 13. The summed E-state index contributed by atoms with van der Waals surface area (Å²) in [5.41, 5.74) is 1.69. The number of aromatic nitrogens is 2. The second-order valence-corrected chi connectivity index (χ2v) is 22.3. The number of fused-ring (bicyclic) bond motifs is 5. The van der Waals surface area contributed by atoms with Crippen LogP contribution in [-0.4, -0.2) is 158 Å². The summed E-state index contributed by atoms with van der Waals surface area (Å²) in [4.78, 5) is 185. The lowest BCUT2D eigenvalue weighted by molar-refractivity contribution is -0.172. The first kappa shape index (κ1) is 66.7. The largest absolute Gasteiger partial charge is 0.481 e. The van der Waals surface area contributed by atoms with Crippen molar-refractivity contribution in [3.8, 4) is 11.4 Å². The molecule has 0 spiro atoms. The third-order valence-corrected chi connectivity index (χ3v) is 16.1. The Morgan fingerprint density at radius 2 is 1.34 bits per heavy atom. The number of halogens is 1. The molecule has 11 N–H and O–H groups in total. The minimum absolute atomic E-state index is 0.00674. The molecule has 5 heterocycles. The number of benzene rings is 2. The molecule has 4 aromatic rings. The van der Waals surface area contributed by atoms with Crippen LogP contribution in [0.4, 0.5) is 4.39 Å². The van der Waals surface area contributed by atoms with E-state index in [2.05, 4.69) is 42.5 Å². The molecule has 1 aliphatic carbocycles. The SMILES string of the molecule is CC[C@@]1(O)C(=O)OCc2c1cc1n(c2=O)Cc2c-1nc1cc(F)c(C)c3c1c2[C@@H](NC(=O)CCCNC(=O)CNC(=O)[C@H](Cc1ccccc1)NC(=O)CNC(=O)CNC(=O)[C@H](CC(=O)O)NC(=O)[C@H](CC(=O)O)NC(=O)CCCCCN1C(=O)C=CC1=O)CC3. The zero-order valence-electron chi connectivity index (χ0n) is 49.6. The van der Waals surface area contributed by atoms with E-state index in [-0.39, 0.29) is 81.8 Å². The van der Waals surface area contributed by atoms with Gasteiger partial charge in [0.05, 0.1) is 67.5 Å². The lowest BCUT2D eigenvalue weighted by Crippen LogP contribution is -2.55. The lowest BCUT2D eigenvalue weighted by Gasteiger charge is -2.31. The van der Waals surface area contributed by atoms with Crippen LogP contribution < -0.4 is 48.1 Å². The van der Waals surface area contributed by atoms with Crippen LogP contribution in [0.1, 0.15) is 116 Å². The van der Waals surface area contributed by atoms with E-state index in [0.717, 1.165) is 22.6 Å². The summed E-state index contributed by atoms with van der Waals surface area (Å²) in [7, 11) is 0. The molecule has 0 unspecified atom stereocenters. The molecule has 91 heavy (non-hydrogen) atoms. The topological polar surface area (TPSA) is 426 Å². The summed E-state index contributed by atoms with van der Waals surface area (Å²) < 4.78 is 22.1. The van der Waals surface area contributed by atoms with Crippen molar-refractivity contribution in [3.63, 3.8) is 0 Å². The maximum Gasteiger partial charge on any atom is 0.343 e. The quantitative estimate of drug-likeness (QED) is 0.0149. The average Bonchev–Trinajstić information content (AvgIpc) is 1.64. The van der Waals surface area contributed by atoms with Gasteiger partial charge in [0.15, 0.2) is 5.60 Å².